The second-order valence-electron chi connectivity index (χ2n) is 5.45. The van der Waals surface area contributed by atoms with Gasteiger partial charge in [-0.1, -0.05) is 53.5 Å². The quantitative estimate of drug-likeness (QED) is 0.476. The van der Waals surface area contributed by atoms with E-state index in [4.69, 9.17) is 23.2 Å². The molecule has 0 aliphatic rings. The minimum Gasteiger partial charge on any atom is -0.267 e. The summed E-state index contributed by atoms with van der Waals surface area (Å²) < 4.78 is 13.5. The fourth-order valence-corrected chi connectivity index (χ4v) is 3.68. The maximum atomic E-state index is 13.5. The van der Waals surface area contributed by atoms with Gasteiger partial charge in [-0.2, -0.15) is 0 Å². The van der Waals surface area contributed by atoms with Crippen LogP contribution in [-0.2, 0) is 0 Å². The molecule has 0 saturated heterocycles. The molecule has 0 atom stereocenters. The number of hydrogen-bond donors (Lipinski definition) is 2. The lowest BCUT2D eigenvalue weighted by Crippen LogP contribution is -2.41. The smallest absolute Gasteiger partial charge is 0.267 e. The molecule has 3 aromatic rings. The predicted molar refractivity (Wildman–Crippen MR) is 104 cm³/mol. The summed E-state index contributed by atoms with van der Waals surface area (Å²) in [5.74, 6) is -2.09. The van der Waals surface area contributed by atoms with Gasteiger partial charge in [0.25, 0.3) is 11.8 Å². The maximum Gasteiger partial charge on any atom is 0.281 e. The number of nitrogens with zero attached hydrogens (tertiary/aromatic N) is 1. The number of halogens is 3. The van der Waals surface area contributed by atoms with Gasteiger partial charge in [-0.15, -0.1) is 11.3 Å². The number of thiazole rings is 1. The Morgan fingerprint density at radius 3 is 2.41 bits per heavy atom. The Kier molecular flexibility index (Phi) is 5.74. The minimum absolute atomic E-state index is 0.0338. The molecule has 0 aliphatic heterocycles. The van der Waals surface area contributed by atoms with Crippen molar-refractivity contribution in [2.24, 2.45) is 0 Å². The first kappa shape index (κ1) is 19.3. The van der Waals surface area contributed by atoms with E-state index in [1.54, 1.807) is 6.92 Å². The second kappa shape index (κ2) is 8.04. The summed E-state index contributed by atoms with van der Waals surface area (Å²) in [6, 6.07) is 11.4. The first-order chi connectivity index (χ1) is 12.9. The van der Waals surface area contributed by atoms with Crippen LogP contribution in [0, 0.1) is 12.7 Å². The summed E-state index contributed by atoms with van der Waals surface area (Å²) in [4.78, 5) is 29.2. The standard InChI is InChI=1S/C18H12Cl2FN3O2S/c1-9-15(27-18(22-9)10-5-3-2-4-6-10)17(26)24-23-16(25)11-7-14(21)13(20)8-12(11)19/h2-8H,1H3,(H,23,25)(H,24,26). The number of carbonyl (C=O) groups excluding carboxylic acids is 2. The molecule has 138 valence electrons. The summed E-state index contributed by atoms with van der Waals surface area (Å²) in [5, 5.41) is 0.454. The van der Waals surface area contributed by atoms with Crippen LogP contribution in [-0.4, -0.2) is 16.8 Å². The highest BCUT2D eigenvalue weighted by Gasteiger charge is 2.19. The highest BCUT2D eigenvalue weighted by Crippen LogP contribution is 2.27. The molecule has 1 aromatic heterocycles. The normalized spacial score (nSPS) is 10.5. The van der Waals surface area contributed by atoms with Gasteiger partial charge in [-0.25, -0.2) is 9.37 Å². The van der Waals surface area contributed by atoms with Gasteiger partial charge >= 0.3 is 0 Å². The van der Waals surface area contributed by atoms with Gasteiger partial charge in [0.1, 0.15) is 15.7 Å². The van der Waals surface area contributed by atoms with Gasteiger partial charge in [0, 0.05) is 5.56 Å². The first-order valence-corrected chi connectivity index (χ1v) is 9.22. The Labute approximate surface area is 168 Å². The molecule has 0 spiro atoms. The summed E-state index contributed by atoms with van der Waals surface area (Å²) in [5.41, 5.74) is 5.76. The van der Waals surface area contributed by atoms with Crippen molar-refractivity contribution in [3.8, 4) is 10.6 Å². The van der Waals surface area contributed by atoms with Gasteiger partial charge in [0.05, 0.1) is 21.3 Å². The third kappa shape index (κ3) is 4.27. The molecular weight excluding hydrogens is 412 g/mol. The molecule has 0 fully saturated rings. The summed E-state index contributed by atoms with van der Waals surface area (Å²) in [7, 11) is 0. The van der Waals surface area contributed by atoms with Crippen LogP contribution in [0.25, 0.3) is 10.6 Å². The molecule has 0 unspecified atom stereocenters. The van der Waals surface area contributed by atoms with Crippen molar-refractivity contribution in [2.45, 2.75) is 6.92 Å². The van der Waals surface area contributed by atoms with E-state index in [0.29, 0.717) is 15.6 Å². The van der Waals surface area contributed by atoms with E-state index in [1.807, 2.05) is 30.3 Å². The number of nitrogens with one attached hydrogen (secondary N) is 2. The van der Waals surface area contributed by atoms with Crippen LogP contribution >= 0.6 is 34.5 Å². The molecule has 27 heavy (non-hydrogen) atoms. The number of rotatable bonds is 3. The van der Waals surface area contributed by atoms with Crippen molar-refractivity contribution in [3.05, 3.63) is 74.5 Å². The van der Waals surface area contributed by atoms with Crippen LogP contribution in [0.4, 0.5) is 4.39 Å². The predicted octanol–water partition coefficient (Wildman–Crippen LogP) is 4.64. The van der Waals surface area contributed by atoms with Crippen LogP contribution in [0.2, 0.25) is 10.0 Å². The van der Waals surface area contributed by atoms with Gasteiger partial charge in [0.15, 0.2) is 0 Å². The average molecular weight is 424 g/mol. The maximum absolute atomic E-state index is 13.5. The Bertz CT molecular complexity index is 1020. The average Bonchev–Trinajstić information content (AvgIpc) is 3.05. The van der Waals surface area contributed by atoms with E-state index in [-0.39, 0.29) is 15.6 Å². The lowest BCUT2D eigenvalue weighted by Gasteiger charge is -2.08. The minimum atomic E-state index is -0.789. The molecule has 1 heterocycles. The van der Waals surface area contributed by atoms with E-state index >= 15 is 0 Å². The van der Waals surface area contributed by atoms with Crippen LogP contribution in [0.3, 0.4) is 0 Å². The number of aromatic nitrogens is 1. The fraction of sp³-hybridized carbons (Fsp3) is 0.0556. The molecule has 5 nitrogen and oxygen atoms in total. The van der Waals surface area contributed by atoms with E-state index in [0.717, 1.165) is 17.7 Å². The van der Waals surface area contributed by atoms with Crippen molar-refractivity contribution >= 4 is 46.4 Å². The monoisotopic (exact) mass is 423 g/mol. The van der Waals surface area contributed by atoms with Crippen LogP contribution in [0.15, 0.2) is 42.5 Å². The van der Waals surface area contributed by atoms with E-state index in [1.165, 1.54) is 11.3 Å². The Hall–Kier alpha value is -2.48. The zero-order valence-electron chi connectivity index (χ0n) is 13.8. The summed E-state index contributed by atoms with van der Waals surface area (Å²) in [6.07, 6.45) is 0. The number of hydrogen-bond acceptors (Lipinski definition) is 4. The fourth-order valence-electron chi connectivity index (χ4n) is 2.25. The molecule has 0 saturated carbocycles. The third-order valence-corrected chi connectivity index (χ3v) is 5.38. The number of carbonyl (C=O) groups is 2. The molecule has 0 aliphatic carbocycles. The largest absolute Gasteiger partial charge is 0.281 e. The molecule has 2 N–H and O–H groups in total. The van der Waals surface area contributed by atoms with Crippen LogP contribution in [0.5, 0.6) is 0 Å². The highest BCUT2D eigenvalue weighted by molar-refractivity contribution is 7.17. The van der Waals surface area contributed by atoms with Gasteiger partial charge in [-0.3, -0.25) is 20.4 Å². The molecular formula is C18H12Cl2FN3O2S. The van der Waals surface area contributed by atoms with Gasteiger partial charge in [0.2, 0.25) is 0 Å². The molecule has 9 heteroatoms. The van der Waals surface area contributed by atoms with Crippen molar-refractivity contribution in [1.29, 1.82) is 0 Å². The number of aryl methyl sites for hydroxylation is 1. The number of benzene rings is 2. The molecule has 2 aromatic carbocycles. The lowest BCUT2D eigenvalue weighted by molar-refractivity contribution is 0.0848. The van der Waals surface area contributed by atoms with E-state index in [9.17, 15) is 14.0 Å². The molecule has 0 radical (unpaired) electrons. The topological polar surface area (TPSA) is 71.1 Å². The molecule has 3 rings (SSSR count). The van der Waals surface area contributed by atoms with E-state index < -0.39 is 17.6 Å². The van der Waals surface area contributed by atoms with Crippen molar-refractivity contribution in [3.63, 3.8) is 0 Å². The Morgan fingerprint density at radius 1 is 1.04 bits per heavy atom. The summed E-state index contributed by atoms with van der Waals surface area (Å²) in [6.45, 7) is 1.70. The number of amides is 2. The Morgan fingerprint density at radius 2 is 1.70 bits per heavy atom. The Balaban J connectivity index is 1.72. The number of hydrazine groups is 1. The molecule has 2 amide bonds. The lowest BCUT2D eigenvalue weighted by atomic mass is 10.2. The van der Waals surface area contributed by atoms with Gasteiger partial charge in [-0.05, 0) is 19.1 Å². The molecule has 0 bridgehead atoms. The second-order valence-corrected chi connectivity index (χ2v) is 7.27. The van der Waals surface area contributed by atoms with Crippen LogP contribution in [0.1, 0.15) is 25.7 Å². The van der Waals surface area contributed by atoms with Crippen molar-refractivity contribution < 1.29 is 14.0 Å². The van der Waals surface area contributed by atoms with Crippen molar-refractivity contribution in [1.82, 2.24) is 15.8 Å². The first-order valence-electron chi connectivity index (χ1n) is 7.65. The summed E-state index contributed by atoms with van der Waals surface area (Å²) >= 11 is 12.7. The van der Waals surface area contributed by atoms with E-state index in [2.05, 4.69) is 15.8 Å². The third-order valence-electron chi connectivity index (χ3n) is 3.57. The van der Waals surface area contributed by atoms with Crippen molar-refractivity contribution in [2.75, 3.05) is 0 Å². The van der Waals surface area contributed by atoms with Gasteiger partial charge < -0.3 is 0 Å². The highest BCUT2D eigenvalue weighted by atomic mass is 35.5. The zero-order chi connectivity index (χ0) is 19.6. The SMILES string of the molecule is Cc1nc(-c2ccccc2)sc1C(=O)NNC(=O)c1cc(F)c(Cl)cc1Cl. The zero-order valence-corrected chi connectivity index (χ0v) is 16.2. The van der Waals surface area contributed by atoms with Crippen LogP contribution < -0.4 is 10.9 Å².